The number of hydrogen-bond acceptors (Lipinski definition) is 6. The van der Waals surface area contributed by atoms with Crippen LogP contribution in [0.5, 0.6) is 0 Å². The van der Waals surface area contributed by atoms with E-state index in [-0.39, 0.29) is 11.3 Å². The zero-order valence-corrected chi connectivity index (χ0v) is 13.5. The Morgan fingerprint density at radius 1 is 1.20 bits per heavy atom. The molecule has 3 aromatic rings. The third-order valence-corrected chi connectivity index (χ3v) is 3.74. The average Bonchev–Trinajstić information content (AvgIpc) is 3.06. The summed E-state index contributed by atoms with van der Waals surface area (Å²) in [6, 6.07) is 11.5. The lowest BCUT2D eigenvalue weighted by Gasteiger charge is -2.10. The molecule has 0 aliphatic heterocycles. The molecule has 2 aromatic carbocycles. The zero-order valence-electron chi connectivity index (χ0n) is 13.5. The van der Waals surface area contributed by atoms with Crippen LogP contribution in [-0.4, -0.2) is 32.8 Å². The van der Waals surface area contributed by atoms with Crippen molar-refractivity contribution in [2.24, 2.45) is 7.05 Å². The number of ether oxygens (including phenoxy) is 1. The van der Waals surface area contributed by atoms with Gasteiger partial charge in [-0.05, 0) is 17.2 Å². The fourth-order valence-corrected chi connectivity index (χ4v) is 2.56. The number of aryl methyl sites for hydroxylation is 1. The van der Waals surface area contributed by atoms with Gasteiger partial charge in [0.05, 0.1) is 17.6 Å². The van der Waals surface area contributed by atoms with Crippen LogP contribution in [0.15, 0.2) is 48.8 Å². The number of hydrogen-bond donors (Lipinski definition) is 0. The van der Waals surface area contributed by atoms with Gasteiger partial charge in [0, 0.05) is 24.7 Å². The van der Waals surface area contributed by atoms with Gasteiger partial charge >= 0.3 is 5.97 Å². The number of aromatic nitrogens is 3. The topological polar surface area (TPSA) is 100 Å². The minimum absolute atomic E-state index is 0.111. The number of nitrogens with zero attached hydrogens (tertiary/aromatic N) is 4. The molecular weight excluding hydrogens is 324 g/mol. The molecule has 0 aliphatic carbocycles. The van der Waals surface area contributed by atoms with Gasteiger partial charge < -0.3 is 9.30 Å². The van der Waals surface area contributed by atoms with Gasteiger partial charge in [0.2, 0.25) is 0 Å². The molecular formula is C17H14N4O4. The summed E-state index contributed by atoms with van der Waals surface area (Å²) in [5, 5.41) is 19.2. The Morgan fingerprint density at radius 2 is 1.92 bits per heavy atom. The van der Waals surface area contributed by atoms with Gasteiger partial charge in [-0.1, -0.05) is 24.3 Å². The van der Waals surface area contributed by atoms with E-state index in [1.54, 1.807) is 24.0 Å². The van der Waals surface area contributed by atoms with Crippen molar-refractivity contribution >= 4 is 11.7 Å². The Labute approximate surface area is 142 Å². The van der Waals surface area contributed by atoms with Crippen LogP contribution >= 0.6 is 0 Å². The summed E-state index contributed by atoms with van der Waals surface area (Å²) >= 11 is 0. The first-order valence-electron chi connectivity index (χ1n) is 7.33. The zero-order chi connectivity index (χ0) is 18.0. The molecule has 0 unspecified atom stereocenters. The first-order valence-corrected chi connectivity index (χ1v) is 7.33. The predicted octanol–water partition coefficient (Wildman–Crippen LogP) is 2.84. The Bertz CT molecular complexity index is 965. The highest BCUT2D eigenvalue weighted by Gasteiger charge is 2.18. The van der Waals surface area contributed by atoms with Crippen molar-refractivity contribution in [2.45, 2.75) is 0 Å². The van der Waals surface area contributed by atoms with Crippen LogP contribution in [0.3, 0.4) is 0 Å². The van der Waals surface area contributed by atoms with Crippen molar-refractivity contribution in [2.75, 3.05) is 7.11 Å². The van der Waals surface area contributed by atoms with Crippen LogP contribution in [0.2, 0.25) is 0 Å². The Morgan fingerprint density at radius 3 is 2.52 bits per heavy atom. The van der Waals surface area contributed by atoms with Gasteiger partial charge in [-0.15, -0.1) is 10.2 Å². The molecule has 0 bridgehead atoms. The van der Waals surface area contributed by atoms with E-state index in [0.717, 1.165) is 5.56 Å². The van der Waals surface area contributed by atoms with Crippen LogP contribution < -0.4 is 0 Å². The SMILES string of the molecule is COC(=O)c1cc(-c2ccccc2-c2nncn2C)cc([N+](=O)[O-])c1. The molecule has 0 radical (unpaired) electrons. The maximum absolute atomic E-state index is 11.9. The number of carbonyl (C=O) groups excluding carboxylic acids is 1. The minimum Gasteiger partial charge on any atom is -0.465 e. The van der Waals surface area contributed by atoms with E-state index in [1.165, 1.54) is 19.2 Å². The van der Waals surface area contributed by atoms with Crippen LogP contribution in [0, 0.1) is 10.1 Å². The summed E-state index contributed by atoms with van der Waals surface area (Å²) in [6.45, 7) is 0. The van der Waals surface area contributed by atoms with E-state index in [9.17, 15) is 14.9 Å². The van der Waals surface area contributed by atoms with Crippen LogP contribution in [-0.2, 0) is 11.8 Å². The number of nitro groups is 1. The lowest BCUT2D eigenvalue weighted by atomic mass is 9.97. The minimum atomic E-state index is -0.638. The third kappa shape index (κ3) is 3.09. The summed E-state index contributed by atoms with van der Waals surface area (Å²) in [5.74, 6) is -0.0252. The first kappa shape index (κ1) is 16.3. The number of esters is 1. The van der Waals surface area contributed by atoms with Gasteiger partial charge in [0.25, 0.3) is 5.69 Å². The molecule has 126 valence electrons. The molecule has 0 aliphatic rings. The highest BCUT2D eigenvalue weighted by molar-refractivity contribution is 5.93. The van der Waals surface area contributed by atoms with E-state index in [0.29, 0.717) is 17.0 Å². The second-order valence-corrected chi connectivity index (χ2v) is 5.33. The average molecular weight is 338 g/mol. The molecule has 25 heavy (non-hydrogen) atoms. The van der Waals surface area contributed by atoms with Crippen LogP contribution in [0.1, 0.15) is 10.4 Å². The van der Waals surface area contributed by atoms with E-state index >= 15 is 0 Å². The lowest BCUT2D eigenvalue weighted by Crippen LogP contribution is -2.03. The highest BCUT2D eigenvalue weighted by atomic mass is 16.6. The molecule has 0 spiro atoms. The molecule has 3 rings (SSSR count). The first-order chi connectivity index (χ1) is 12.0. The predicted molar refractivity (Wildman–Crippen MR) is 89.9 cm³/mol. The monoisotopic (exact) mass is 338 g/mol. The smallest absolute Gasteiger partial charge is 0.338 e. The van der Waals surface area contributed by atoms with E-state index in [4.69, 9.17) is 4.74 Å². The second-order valence-electron chi connectivity index (χ2n) is 5.33. The normalized spacial score (nSPS) is 10.5. The van der Waals surface area contributed by atoms with Crippen molar-refractivity contribution in [1.29, 1.82) is 0 Å². The van der Waals surface area contributed by atoms with Gasteiger partial charge in [-0.25, -0.2) is 4.79 Å². The Kier molecular flexibility index (Phi) is 4.25. The summed E-state index contributed by atoms with van der Waals surface area (Å²) in [5.41, 5.74) is 1.89. The largest absolute Gasteiger partial charge is 0.465 e. The maximum atomic E-state index is 11.9. The summed E-state index contributed by atoms with van der Waals surface area (Å²) in [4.78, 5) is 22.6. The van der Waals surface area contributed by atoms with Gasteiger partial charge in [0.15, 0.2) is 5.82 Å². The standard InChI is InChI=1S/C17H14N4O4/c1-20-10-18-19-16(20)15-6-4-3-5-14(15)11-7-12(17(22)25-2)9-13(8-11)21(23)24/h3-10H,1-2H3. The third-order valence-electron chi connectivity index (χ3n) is 3.74. The summed E-state index contributed by atoms with van der Waals surface area (Å²) in [6.07, 6.45) is 1.57. The molecule has 0 N–H and O–H groups in total. The highest BCUT2D eigenvalue weighted by Crippen LogP contribution is 2.33. The molecule has 0 saturated heterocycles. The number of carbonyl (C=O) groups is 1. The number of nitro benzene ring substituents is 1. The number of benzene rings is 2. The fourth-order valence-electron chi connectivity index (χ4n) is 2.56. The second kappa shape index (κ2) is 6.52. The lowest BCUT2D eigenvalue weighted by molar-refractivity contribution is -0.384. The number of non-ortho nitro benzene ring substituents is 1. The molecule has 1 aromatic heterocycles. The molecule has 0 saturated carbocycles. The molecule has 8 nitrogen and oxygen atoms in total. The Balaban J connectivity index is 2.24. The van der Waals surface area contributed by atoms with E-state index < -0.39 is 10.9 Å². The van der Waals surface area contributed by atoms with Crippen molar-refractivity contribution in [3.05, 3.63) is 64.5 Å². The van der Waals surface area contributed by atoms with Crippen molar-refractivity contribution < 1.29 is 14.5 Å². The summed E-state index contributed by atoms with van der Waals surface area (Å²) < 4.78 is 6.44. The Hall–Kier alpha value is -3.55. The summed E-state index contributed by atoms with van der Waals surface area (Å²) in [7, 11) is 3.04. The van der Waals surface area contributed by atoms with Crippen LogP contribution in [0.4, 0.5) is 5.69 Å². The number of rotatable bonds is 4. The maximum Gasteiger partial charge on any atom is 0.338 e. The quantitative estimate of drug-likeness (QED) is 0.412. The molecule has 0 amide bonds. The van der Waals surface area contributed by atoms with Crippen LogP contribution in [0.25, 0.3) is 22.5 Å². The van der Waals surface area contributed by atoms with Gasteiger partial charge in [0.1, 0.15) is 6.33 Å². The van der Waals surface area contributed by atoms with Crippen molar-refractivity contribution in [3.63, 3.8) is 0 Å². The van der Waals surface area contributed by atoms with Crippen molar-refractivity contribution in [3.8, 4) is 22.5 Å². The van der Waals surface area contributed by atoms with E-state index in [2.05, 4.69) is 10.2 Å². The molecule has 0 atom stereocenters. The number of methoxy groups -OCH3 is 1. The fraction of sp³-hybridized carbons (Fsp3) is 0.118. The molecule has 8 heteroatoms. The molecule has 1 heterocycles. The van der Waals surface area contributed by atoms with Gasteiger partial charge in [-0.3, -0.25) is 10.1 Å². The van der Waals surface area contributed by atoms with Crippen molar-refractivity contribution in [1.82, 2.24) is 14.8 Å². The van der Waals surface area contributed by atoms with Gasteiger partial charge in [-0.2, -0.15) is 0 Å². The molecule has 0 fully saturated rings. The van der Waals surface area contributed by atoms with E-state index in [1.807, 2.05) is 24.3 Å².